The third-order valence-electron chi connectivity index (χ3n) is 3.57. The highest BCUT2D eigenvalue weighted by atomic mass is 79.9. The number of ether oxygens (including phenoxy) is 2. The fourth-order valence-electron chi connectivity index (χ4n) is 2.35. The maximum absolute atomic E-state index is 5.81. The van der Waals surface area contributed by atoms with Crippen LogP contribution in [0, 0.1) is 0 Å². The molecular weight excluding hydrogens is 332 g/mol. The molecule has 1 aromatic carbocycles. The van der Waals surface area contributed by atoms with Crippen molar-refractivity contribution in [2.75, 3.05) is 39.5 Å². The van der Waals surface area contributed by atoms with E-state index in [1.165, 1.54) is 0 Å². The van der Waals surface area contributed by atoms with Crippen molar-refractivity contribution in [2.45, 2.75) is 25.9 Å². The third-order valence-corrected chi connectivity index (χ3v) is 4.10. The number of nitrogens with one attached hydrogen (secondary N) is 1. The Morgan fingerprint density at radius 1 is 1.38 bits per heavy atom. The molecule has 1 aromatic rings. The van der Waals surface area contributed by atoms with Crippen LogP contribution in [-0.2, 0) is 4.74 Å². The zero-order valence-electron chi connectivity index (χ0n) is 12.8. The highest BCUT2D eigenvalue weighted by Gasteiger charge is 2.22. The predicted octanol–water partition coefficient (Wildman–Crippen LogP) is 2.53. The molecule has 1 atom stereocenters. The molecule has 118 valence electrons. The van der Waals surface area contributed by atoms with E-state index in [1.54, 1.807) is 0 Å². The van der Waals surface area contributed by atoms with Gasteiger partial charge in [0.05, 0.1) is 13.2 Å². The van der Waals surface area contributed by atoms with Crippen LogP contribution < -0.4 is 10.1 Å². The highest BCUT2D eigenvalue weighted by molar-refractivity contribution is 9.10. The van der Waals surface area contributed by atoms with Gasteiger partial charge in [-0.3, -0.25) is 4.90 Å². The molecule has 1 heterocycles. The molecule has 1 aliphatic heterocycles. The minimum atomic E-state index is 0.440. The zero-order chi connectivity index (χ0) is 15.1. The van der Waals surface area contributed by atoms with Crippen molar-refractivity contribution in [3.05, 3.63) is 28.7 Å². The van der Waals surface area contributed by atoms with Crippen molar-refractivity contribution < 1.29 is 9.47 Å². The molecule has 21 heavy (non-hydrogen) atoms. The molecular formula is C16H25BrN2O2. The Morgan fingerprint density at radius 2 is 2.14 bits per heavy atom. The van der Waals surface area contributed by atoms with Gasteiger partial charge < -0.3 is 14.8 Å². The molecule has 1 saturated heterocycles. The van der Waals surface area contributed by atoms with E-state index < -0.39 is 0 Å². The summed E-state index contributed by atoms with van der Waals surface area (Å²) in [7, 11) is 0. The molecule has 0 spiro atoms. The van der Waals surface area contributed by atoms with Gasteiger partial charge in [0.25, 0.3) is 0 Å². The first kappa shape index (κ1) is 16.7. The van der Waals surface area contributed by atoms with E-state index >= 15 is 0 Å². The quantitative estimate of drug-likeness (QED) is 0.813. The van der Waals surface area contributed by atoms with Gasteiger partial charge in [-0.2, -0.15) is 0 Å². The number of hydrogen-bond donors (Lipinski definition) is 1. The van der Waals surface area contributed by atoms with E-state index in [0.29, 0.717) is 18.7 Å². The maximum Gasteiger partial charge on any atom is 0.119 e. The van der Waals surface area contributed by atoms with Crippen molar-refractivity contribution in [1.29, 1.82) is 0 Å². The number of benzene rings is 1. The minimum Gasteiger partial charge on any atom is -0.492 e. The van der Waals surface area contributed by atoms with Gasteiger partial charge in [0.15, 0.2) is 0 Å². The fourth-order valence-corrected chi connectivity index (χ4v) is 2.62. The van der Waals surface area contributed by atoms with E-state index in [0.717, 1.165) is 43.1 Å². The molecule has 0 bridgehead atoms. The van der Waals surface area contributed by atoms with Gasteiger partial charge >= 0.3 is 0 Å². The first-order valence-electron chi connectivity index (χ1n) is 7.58. The summed E-state index contributed by atoms with van der Waals surface area (Å²) in [4.78, 5) is 2.46. The van der Waals surface area contributed by atoms with Crippen LogP contribution in [0.25, 0.3) is 0 Å². The molecule has 0 radical (unpaired) electrons. The van der Waals surface area contributed by atoms with Crippen LogP contribution in [0.15, 0.2) is 28.7 Å². The van der Waals surface area contributed by atoms with Crippen molar-refractivity contribution in [2.24, 2.45) is 0 Å². The summed E-state index contributed by atoms with van der Waals surface area (Å²) in [6.07, 6.45) is 0. The molecule has 1 unspecified atom stereocenters. The molecule has 0 aliphatic carbocycles. The van der Waals surface area contributed by atoms with Crippen LogP contribution in [-0.4, -0.2) is 56.4 Å². The first-order valence-corrected chi connectivity index (χ1v) is 8.38. The van der Waals surface area contributed by atoms with Crippen LogP contribution in [0.2, 0.25) is 0 Å². The zero-order valence-corrected chi connectivity index (χ0v) is 14.4. The lowest BCUT2D eigenvalue weighted by molar-refractivity contribution is -0.0120. The van der Waals surface area contributed by atoms with E-state index in [1.807, 2.05) is 24.3 Å². The normalized spacial score (nSPS) is 19.9. The van der Waals surface area contributed by atoms with Crippen LogP contribution in [0.3, 0.4) is 0 Å². The molecule has 1 aliphatic rings. The molecule has 4 nitrogen and oxygen atoms in total. The summed E-state index contributed by atoms with van der Waals surface area (Å²) in [5.41, 5.74) is 0. The number of halogens is 1. The SMILES string of the molecule is CC(C)NCC1COCCN1CCOc1ccc(Br)cc1. The number of nitrogens with zero attached hydrogens (tertiary/aromatic N) is 1. The summed E-state index contributed by atoms with van der Waals surface area (Å²) >= 11 is 3.43. The van der Waals surface area contributed by atoms with E-state index in [4.69, 9.17) is 9.47 Å². The van der Waals surface area contributed by atoms with Crippen LogP contribution >= 0.6 is 15.9 Å². The van der Waals surface area contributed by atoms with Gasteiger partial charge in [0.2, 0.25) is 0 Å². The summed E-state index contributed by atoms with van der Waals surface area (Å²) in [5, 5.41) is 3.49. The Bertz CT molecular complexity index is 411. The lowest BCUT2D eigenvalue weighted by atomic mass is 10.2. The van der Waals surface area contributed by atoms with Crippen LogP contribution in [0.1, 0.15) is 13.8 Å². The Kier molecular flexibility index (Phi) is 6.96. The molecule has 5 heteroatoms. The molecule has 0 saturated carbocycles. The van der Waals surface area contributed by atoms with Gasteiger partial charge in [-0.25, -0.2) is 0 Å². The number of morpholine rings is 1. The van der Waals surface area contributed by atoms with Gasteiger partial charge in [0.1, 0.15) is 12.4 Å². The van der Waals surface area contributed by atoms with Crippen molar-refractivity contribution >= 4 is 15.9 Å². The molecule has 0 aromatic heterocycles. The molecule has 2 rings (SSSR count). The summed E-state index contributed by atoms with van der Waals surface area (Å²) in [6.45, 7) is 9.55. The Balaban J connectivity index is 1.75. The van der Waals surface area contributed by atoms with Crippen LogP contribution in [0.5, 0.6) is 5.75 Å². The Morgan fingerprint density at radius 3 is 2.86 bits per heavy atom. The Hall–Kier alpha value is -0.620. The maximum atomic E-state index is 5.81. The predicted molar refractivity (Wildman–Crippen MR) is 89.0 cm³/mol. The number of hydrogen-bond acceptors (Lipinski definition) is 4. The Labute approximate surface area is 135 Å². The largest absolute Gasteiger partial charge is 0.492 e. The lowest BCUT2D eigenvalue weighted by Gasteiger charge is -2.36. The monoisotopic (exact) mass is 356 g/mol. The van der Waals surface area contributed by atoms with Gasteiger partial charge in [-0.05, 0) is 24.3 Å². The highest BCUT2D eigenvalue weighted by Crippen LogP contribution is 2.16. The average Bonchev–Trinajstić information content (AvgIpc) is 2.48. The summed E-state index contributed by atoms with van der Waals surface area (Å²) in [5.74, 6) is 0.920. The van der Waals surface area contributed by atoms with Gasteiger partial charge in [-0.1, -0.05) is 29.8 Å². The molecule has 1 N–H and O–H groups in total. The van der Waals surface area contributed by atoms with Crippen molar-refractivity contribution in [1.82, 2.24) is 10.2 Å². The number of rotatable bonds is 7. The van der Waals surface area contributed by atoms with Crippen LogP contribution in [0.4, 0.5) is 0 Å². The first-order chi connectivity index (χ1) is 10.1. The second-order valence-electron chi connectivity index (χ2n) is 5.63. The smallest absolute Gasteiger partial charge is 0.119 e. The second-order valence-corrected chi connectivity index (χ2v) is 6.55. The lowest BCUT2D eigenvalue weighted by Crippen LogP contribution is -2.52. The van der Waals surface area contributed by atoms with Gasteiger partial charge in [-0.15, -0.1) is 0 Å². The van der Waals surface area contributed by atoms with Gasteiger partial charge in [0, 0.05) is 36.2 Å². The van der Waals surface area contributed by atoms with E-state index in [9.17, 15) is 0 Å². The van der Waals surface area contributed by atoms with E-state index in [2.05, 4.69) is 40.0 Å². The minimum absolute atomic E-state index is 0.440. The average molecular weight is 357 g/mol. The standard InChI is InChI=1S/C16H25BrN2O2/c1-13(2)18-11-15-12-20-9-7-19(15)8-10-21-16-5-3-14(17)4-6-16/h3-6,13,15,18H,7-12H2,1-2H3. The van der Waals surface area contributed by atoms with Crippen molar-refractivity contribution in [3.8, 4) is 5.75 Å². The topological polar surface area (TPSA) is 33.7 Å². The summed E-state index contributed by atoms with van der Waals surface area (Å²) < 4.78 is 12.5. The summed E-state index contributed by atoms with van der Waals surface area (Å²) in [6, 6.07) is 8.92. The fraction of sp³-hybridized carbons (Fsp3) is 0.625. The van der Waals surface area contributed by atoms with Crippen molar-refractivity contribution in [3.63, 3.8) is 0 Å². The second kappa shape index (κ2) is 8.73. The molecule has 0 amide bonds. The molecule has 1 fully saturated rings. The van der Waals surface area contributed by atoms with E-state index in [-0.39, 0.29) is 0 Å². The third kappa shape index (κ3) is 5.94.